The SMILES string of the molecule is Cc1cc(NC(=O)CN2C(=O)[C@H](C)N(c3ccc(Cl)cc3)C2=O)no1. The van der Waals surface area contributed by atoms with Crippen LogP contribution in [0, 0.1) is 6.92 Å². The van der Waals surface area contributed by atoms with E-state index in [1.54, 1.807) is 38.1 Å². The summed E-state index contributed by atoms with van der Waals surface area (Å²) < 4.78 is 4.85. The number of benzene rings is 1. The second kappa shape index (κ2) is 6.56. The minimum Gasteiger partial charge on any atom is -0.360 e. The van der Waals surface area contributed by atoms with Gasteiger partial charge in [0.05, 0.1) is 0 Å². The van der Waals surface area contributed by atoms with Crippen LogP contribution in [0.15, 0.2) is 34.9 Å². The Morgan fingerprint density at radius 2 is 2.00 bits per heavy atom. The number of aryl methyl sites for hydroxylation is 1. The molecule has 0 bridgehead atoms. The van der Waals surface area contributed by atoms with Crippen molar-refractivity contribution in [2.24, 2.45) is 0 Å². The molecule has 1 atom stereocenters. The summed E-state index contributed by atoms with van der Waals surface area (Å²) in [6.07, 6.45) is 0. The number of anilines is 2. The molecular weight excluding hydrogens is 348 g/mol. The topological polar surface area (TPSA) is 95.8 Å². The number of carbonyl (C=O) groups excluding carboxylic acids is 3. The van der Waals surface area contributed by atoms with Crippen LogP contribution in [-0.4, -0.2) is 40.5 Å². The highest BCUT2D eigenvalue weighted by Gasteiger charge is 2.44. The monoisotopic (exact) mass is 362 g/mol. The number of hydrogen-bond donors (Lipinski definition) is 1. The predicted molar refractivity (Wildman–Crippen MR) is 90.4 cm³/mol. The fourth-order valence-electron chi connectivity index (χ4n) is 2.56. The van der Waals surface area contributed by atoms with Gasteiger partial charge in [0.1, 0.15) is 18.3 Å². The third-order valence-electron chi connectivity index (χ3n) is 3.75. The molecule has 1 aliphatic heterocycles. The number of amides is 4. The van der Waals surface area contributed by atoms with Gasteiger partial charge in [0.25, 0.3) is 5.91 Å². The third-order valence-corrected chi connectivity index (χ3v) is 4.00. The van der Waals surface area contributed by atoms with Crippen molar-refractivity contribution in [3.8, 4) is 0 Å². The summed E-state index contributed by atoms with van der Waals surface area (Å²) in [5, 5.41) is 6.64. The molecule has 0 unspecified atom stereocenters. The molecule has 1 aliphatic rings. The first kappa shape index (κ1) is 17.0. The fraction of sp³-hybridized carbons (Fsp3) is 0.250. The minimum atomic E-state index is -0.712. The summed E-state index contributed by atoms with van der Waals surface area (Å²) in [6, 6.07) is 6.81. The van der Waals surface area contributed by atoms with Gasteiger partial charge < -0.3 is 9.84 Å². The Morgan fingerprint density at radius 1 is 1.32 bits per heavy atom. The lowest BCUT2D eigenvalue weighted by atomic mass is 10.2. The molecule has 1 aromatic heterocycles. The zero-order valence-electron chi connectivity index (χ0n) is 13.5. The van der Waals surface area contributed by atoms with Crippen molar-refractivity contribution in [3.63, 3.8) is 0 Å². The number of imide groups is 1. The third kappa shape index (κ3) is 3.34. The number of rotatable bonds is 4. The number of aromatic nitrogens is 1. The predicted octanol–water partition coefficient (Wildman–Crippen LogP) is 2.43. The molecule has 0 saturated carbocycles. The Morgan fingerprint density at radius 3 is 2.60 bits per heavy atom. The maximum absolute atomic E-state index is 12.6. The molecule has 25 heavy (non-hydrogen) atoms. The zero-order chi connectivity index (χ0) is 18.1. The normalized spacial score (nSPS) is 17.3. The average molecular weight is 363 g/mol. The Bertz CT molecular complexity index is 833. The van der Waals surface area contributed by atoms with Gasteiger partial charge in [-0.15, -0.1) is 0 Å². The quantitative estimate of drug-likeness (QED) is 0.843. The molecule has 3 rings (SSSR count). The lowest BCUT2D eigenvalue weighted by Gasteiger charge is -2.19. The molecule has 4 amide bonds. The van der Waals surface area contributed by atoms with E-state index in [-0.39, 0.29) is 5.82 Å². The summed E-state index contributed by atoms with van der Waals surface area (Å²) >= 11 is 5.85. The van der Waals surface area contributed by atoms with Crippen LogP contribution in [0.3, 0.4) is 0 Å². The Labute approximate surface area is 148 Å². The van der Waals surface area contributed by atoms with E-state index in [0.29, 0.717) is 16.5 Å². The van der Waals surface area contributed by atoms with Gasteiger partial charge in [0.15, 0.2) is 5.82 Å². The molecular formula is C16H15ClN4O4. The van der Waals surface area contributed by atoms with Gasteiger partial charge in [0.2, 0.25) is 5.91 Å². The van der Waals surface area contributed by atoms with Crippen molar-refractivity contribution in [3.05, 3.63) is 41.1 Å². The van der Waals surface area contributed by atoms with E-state index in [9.17, 15) is 14.4 Å². The lowest BCUT2D eigenvalue weighted by molar-refractivity contribution is -0.130. The fourth-order valence-corrected chi connectivity index (χ4v) is 2.68. The van der Waals surface area contributed by atoms with Crippen molar-refractivity contribution in [2.45, 2.75) is 19.9 Å². The van der Waals surface area contributed by atoms with E-state index in [1.807, 2.05) is 0 Å². The van der Waals surface area contributed by atoms with Crippen molar-refractivity contribution in [1.82, 2.24) is 10.1 Å². The first-order valence-corrected chi connectivity index (χ1v) is 7.88. The number of hydrogen-bond acceptors (Lipinski definition) is 5. The maximum Gasteiger partial charge on any atom is 0.332 e. The molecule has 2 aromatic rings. The smallest absolute Gasteiger partial charge is 0.332 e. The van der Waals surface area contributed by atoms with Gasteiger partial charge in [-0.25, -0.2) is 4.79 Å². The van der Waals surface area contributed by atoms with Crippen molar-refractivity contribution in [1.29, 1.82) is 0 Å². The van der Waals surface area contributed by atoms with Gasteiger partial charge in [-0.2, -0.15) is 0 Å². The highest BCUT2D eigenvalue weighted by molar-refractivity contribution is 6.30. The van der Waals surface area contributed by atoms with Crippen LogP contribution >= 0.6 is 11.6 Å². The van der Waals surface area contributed by atoms with Crippen molar-refractivity contribution >= 4 is 41.0 Å². The van der Waals surface area contributed by atoms with E-state index in [0.717, 1.165) is 4.90 Å². The minimum absolute atomic E-state index is 0.226. The van der Waals surface area contributed by atoms with Crippen molar-refractivity contribution < 1.29 is 18.9 Å². The first-order valence-electron chi connectivity index (χ1n) is 7.50. The number of urea groups is 1. The number of carbonyl (C=O) groups is 3. The highest BCUT2D eigenvalue weighted by Crippen LogP contribution is 2.26. The highest BCUT2D eigenvalue weighted by atomic mass is 35.5. The van der Waals surface area contributed by atoms with Crippen LogP contribution in [0.1, 0.15) is 12.7 Å². The van der Waals surface area contributed by atoms with Crippen LogP contribution in [0.4, 0.5) is 16.3 Å². The van der Waals surface area contributed by atoms with Crippen LogP contribution in [-0.2, 0) is 9.59 Å². The molecule has 1 saturated heterocycles. The van der Waals surface area contributed by atoms with E-state index in [2.05, 4.69) is 10.5 Å². The van der Waals surface area contributed by atoms with E-state index in [4.69, 9.17) is 16.1 Å². The van der Waals surface area contributed by atoms with E-state index < -0.39 is 30.4 Å². The van der Waals surface area contributed by atoms with Gasteiger partial charge in [-0.05, 0) is 38.1 Å². The molecule has 0 aliphatic carbocycles. The molecule has 0 spiro atoms. The number of nitrogens with one attached hydrogen (secondary N) is 1. The summed E-state index contributed by atoms with van der Waals surface area (Å²) in [4.78, 5) is 39.3. The summed E-state index contributed by atoms with van der Waals surface area (Å²) in [5.41, 5.74) is 0.533. The molecule has 0 radical (unpaired) electrons. The Kier molecular flexibility index (Phi) is 4.45. The molecule has 1 fully saturated rings. The van der Waals surface area contributed by atoms with Gasteiger partial charge >= 0.3 is 6.03 Å². The van der Waals surface area contributed by atoms with Gasteiger partial charge in [0, 0.05) is 16.8 Å². The average Bonchev–Trinajstić information content (AvgIpc) is 3.06. The Balaban J connectivity index is 1.73. The van der Waals surface area contributed by atoms with E-state index >= 15 is 0 Å². The van der Waals surface area contributed by atoms with Gasteiger partial charge in [-0.1, -0.05) is 16.8 Å². The largest absolute Gasteiger partial charge is 0.360 e. The second-order valence-corrected chi connectivity index (χ2v) is 6.04. The summed E-state index contributed by atoms with van der Waals surface area (Å²) in [6.45, 7) is 2.88. The van der Waals surface area contributed by atoms with E-state index in [1.165, 1.54) is 11.0 Å². The zero-order valence-corrected chi connectivity index (χ0v) is 14.3. The summed E-state index contributed by atoms with van der Waals surface area (Å²) in [5.74, 6) is -0.234. The van der Waals surface area contributed by atoms with Gasteiger partial charge in [-0.3, -0.25) is 19.4 Å². The van der Waals surface area contributed by atoms with Crippen molar-refractivity contribution in [2.75, 3.05) is 16.8 Å². The maximum atomic E-state index is 12.6. The summed E-state index contributed by atoms with van der Waals surface area (Å²) in [7, 11) is 0. The lowest BCUT2D eigenvalue weighted by Crippen LogP contribution is -2.39. The standard InChI is InChI=1S/C16H15ClN4O4/c1-9-7-13(19-25-9)18-14(22)8-20-15(23)10(2)21(16(20)24)12-5-3-11(17)4-6-12/h3-7,10H,8H2,1-2H3,(H,18,19,22)/t10-/m0/s1. The second-order valence-electron chi connectivity index (χ2n) is 5.60. The molecule has 1 aromatic carbocycles. The first-order chi connectivity index (χ1) is 11.9. The van der Waals surface area contributed by atoms with Crippen LogP contribution in [0.2, 0.25) is 5.02 Å². The number of nitrogens with zero attached hydrogens (tertiary/aromatic N) is 3. The van der Waals surface area contributed by atoms with Crippen LogP contribution in [0.25, 0.3) is 0 Å². The number of halogens is 1. The van der Waals surface area contributed by atoms with Crippen LogP contribution < -0.4 is 10.2 Å². The van der Waals surface area contributed by atoms with Crippen LogP contribution in [0.5, 0.6) is 0 Å². The molecule has 130 valence electrons. The molecule has 8 nitrogen and oxygen atoms in total. The molecule has 1 N–H and O–H groups in total. The Hall–Kier alpha value is -2.87. The molecule has 9 heteroatoms. The molecule has 2 heterocycles.